The third-order valence-electron chi connectivity index (χ3n) is 3.90. The molecule has 1 aliphatic heterocycles. The van der Waals surface area contributed by atoms with Gasteiger partial charge in [0.1, 0.15) is 0 Å². The quantitative estimate of drug-likeness (QED) is 0.744. The highest BCUT2D eigenvalue weighted by Crippen LogP contribution is 2.44. The molecule has 2 heteroatoms. The first-order valence-corrected chi connectivity index (χ1v) is 8.06. The minimum absolute atomic E-state index is 0.472. The topological polar surface area (TPSA) is 3.24 Å². The molecule has 1 atom stereocenters. The SMILES string of the molecule is CCN1c2ccccc2SC1C=C1C=C(C)CCC1. The molecule has 0 saturated carbocycles. The summed E-state index contributed by atoms with van der Waals surface area (Å²) in [6.45, 7) is 5.57. The van der Waals surface area contributed by atoms with Gasteiger partial charge in [0.05, 0.1) is 11.1 Å². The summed E-state index contributed by atoms with van der Waals surface area (Å²) in [6.07, 6.45) is 8.68. The monoisotopic (exact) mass is 271 g/mol. The van der Waals surface area contributed by atoms with Crippen LogP contribution in [0.1, 0.15) is 33.1 Å². The van der Waals surface area contributed by atoms with Crippen LogP contribution in [0.4, 0.5) is 5.69 Å². The van der Waals surface area contributed by atoms with E-state index in [1.807, 2.05) is 11.8 Å². The number of likely N-dealkylation sites (N-methyl/N-ethyl adjacent to an activating group) is 1. The molecule has 19 heavy (non-hydrogen) atoms. The molecule has 1 aromatic rings. The fourth-order valence-corrected chi connectivity index (χ4v) is 4.30. The van der Waals surface area contributed by atoms with Gasteiger partial charge >= 0.3 is 0 Å². The predicted octanol–water partition coefficient (Wildman–Crippen LogP) is 5.00. The zero-order chi connectivity index (χ0) is 13.2. The van der Waals surface area contributed by atoms with Gasteiger partial charge in [0.15, 0.2) is 0 Å². The molecule has 1 aromatic carbocycles. The largest absolute Gasteiger partial charge is 0.355 e. The summed E-state index contributed by atoms with van der Waals surface area (Å²) in [7, 11) is 0. The highest BCUT2D eigenvalue weighted by molar-refractivity contribution is 8.00. The summed E-state index contributed by atoms with van der Waals surface area (Å²) in [6, 6.07) is 8.76. The van der Waals surface area contributed by atoms with Crippen LogP contribution in [0.25, 0.3) is 0 Å². The number of para-hydroxylation sites is 1. The molecular weight excluding hydrogens is 250 g/mol. The van der Waals surface area contributed by atoms with E-state index >= 15 is 0 Å². The molecule has 1 unspecified atom stereocenters. The molecule has 0 fully saturated rings. The van der Waals surface area contributed by atoms with Gasteiger partial charge < -0.3 is 4.90 Å². The Kier molecular flexibility index (Phi) is 3.69. The summed E-state index contributed by atoms with van der Waals surface area (Å²) in [4.78, 5) is 3.92. The van der Waals surface area contributed by atoms with Gasteiger partial charge in [0.2, 0.25) is 0 Å². The fraction of sp³-hybridized carbons (Fsp3) is 0.412. The Balaban J connectivity index is 1.87. The van der Waals surface area contributed by atoms with Crippen LogP contribution in [-0.4, -0.2) is 11.9 Å². The summed E-state index contributed by atoms with van der Waals surface area (Å²) in [5.74, 6) is 0. The summed E-state index contributed by atoms with van der Waals surface area (Å²) in [5, 5.41) is 0.472. The zero-order valence-electron chi connectivity index (χ0n) is 11.7. The van der Waals surface area contributed by atoms with Crippen molar-refractivity contribution in [1.82, 2.24) is 0 Å². The first kappa shape index (κ1) is 12.9. The van der Waals surface area contributed by atoms with Gasteiger partial charge in [-0.15, -0.1) is 0 Å². The van der Waals surface area contributed by atoms with Crippen LogP contribution in [0.3, 0.4) is 0 Å². The van der Waals surface area contributed by atoms with E-state index < -0.39 is 0 Å². The number of fused-ring (bicyclic) bond motifs is 1. The summed E-state index contributed by atoms with van der Waals surface area (Å²) < 4.78 is 0. The number of nitrogens with zero attached hydrogens (tertiary/aromatic N) is 1. The molecule has 0 bridgehead atoms. The lowest BCUT2D eigenvalue weighted by molar-refractivity contribution is 0.775. The Bertz CT molecular complexity index is 530. The van der Waals surface area contributed by atoms with Crippen LogP contribution in [0.5, 0.6) is 0 Å². The molecule has 0 amide bonds. The van der Waals surface area contributed by atoms with E-state index in [2.05, 4.69) is 55.2 Å². The number of hydrogen-bond donors (Lipinski definition) is 0. The summed E-state index contributed by atoms with van der Waals surface area (Å²) >= 11 is 1.98. The molecule has 1 heterocycles. The molecule has 0 N–H and O–H groups in total. The van der Waals surface area contributed by atoms with Crippen LogP contribution >= 0.6 is 11.8 Å². The number of anilines is 1. The van der Waals surface area contributed by atoms with E-state index in [4.69, 9.17) is 0 Å². The normalized spacial score (nSPS) is 24.5. The average Bonchev–Trinajstić information content (AvgIpc) is 2.75. The maximum atomic E-state index is 2.50. The predicted molar refractivity (Wildman–Crippen MR) is 84.8 cm³/mol. The van der Waals surface area contributed by atoms with E-state index in [0.29, 0.717) is 5.37 Å². The van der Waals surface area contributed by atoms with Crippen molar-refractivity contribution in [3.63, 3.8) is 0 Å². The number of hydrogen-bond acceptors (Lipinski definition) is 2. The second kappa shape index (κ2) is 5.46. The zero-order valence-corrected chi connectivity index (χ0v) is 12.5. The van der Waals surface area contributed by atoms with Gasteiger partial charge in [-0.1, -0.05) is 35.5 Å². The van der Waals surface area contributed by atoms with E-state index in [1.54, 1.807) is 0 Å². The van der Waals surface area contributed by atoms with E-state index in [-0.39, 0.29) is 0 Å². The van der Waals surface area contributed by atoms with Crippen molar-refractivity contribution < 1.29 is 0 Å². The maximum Gasteiger partial charge on any atom is 0.0988 e. The van der Waals surface area contributed by atoms with Crippen LogP contribution in [-0.2, 0) is 0 Å². The first-order chi connectivity index (χ1) is 9.28. The lowest BCUT2D eigenvalue weighted by atomic mass is 9.96. The molecule has 1 nitrogen and oxygen atoms in total. The third-order valence-corrected chi connectivity index (χ3v) is 5.13. The van der Waals surface area contributed by atoms with Crippen molar-refractivity contribution in [3.8, 4) is 0 Å². The number of allylic oxidation sites excluding steroid dienone is 3. The van der Waals surface area contributed by atoms with Crippen molar-refractivity contribution in [3.05, 3.63) is 47.6 Å². The number of benzene rings is 1. The molecule has 0 radical (unpaired) electrons. The smallest absolute Gasteiger partial charge is 0.0988 e. The Hall–Kier alpha value is -1.15. The molecule has 3 rings (SSSR count). The molecule has 0 aromatic heterocycles. The standard InChI is InChI=1S/C17H21NS/c1-3-18-15-9-4-5-10-16(15)19-17(18)12-14-8-6-7-13(2)11-14/h4-5,9-12,17H,3,6-8H2,1-2H3. The van der Waals surface area contributed by atoms with Crippen molar-refractivity contribution in [2.75, 3.05) is 11.4 Å². The highest BCUT2D eigenvalue weighted by atomic mass is 32.2. The number of thioether (sulfide) groups is 1. The molecule has 1 aliphatic carbocycles. The van der Waals surface area contributed by atoms with Gasteiger partial charge in [0, 0.05) is 11.4 Å². The van der Waals surface area contributed by atoms with E-state index in [1.165, 1.54) is 41.0 Å². The Morgan fingerprint density at radius 2 is 2.16 bits per heavy atom. The Morgan fingerprint density at radius 1 is 1.32 bits per heavy atom. The van der Waals surface area contributed by atoms with Crippen LogP contribution in [0.15, 0.2) is 52.5 Å². The van der Waals surface area contributed by atoms with Gasteiger partial charge in [-0.2, -0.15) is 0 Å². The minimum Gasteiger partial charge on any atom is -0.355 e. The van der Waals surface area contributed by atoms with Crippen molar-refractivity contribution >= 4 is 17.4 Å². The van der Waals surface area contributed by atoms with Crippen molar-refractivity contribution in [1.29, 1.82) is 0 Å². The highest BCUT2D eigenvalue weighted by Gasteiger charge is 2.27. The van der Waals surface area contributed by atoms with E-state index in [0.717, 1.165) is 6.54 Å². The second-order valence-corrected chi connectivity index (χ2v) is 6.51. The lowest BCUT2D eigenvalue weighted by Gasteiger charge is -2.24. The molecule has 100 valence electrons. The second-order valence-electron chi connectivity index (χ2n) is 5.35. The molecule has 2 aliphatic rings. The molecular formula is C17H21NS. The average molecular weight is 271 g/mol. The van der Waals surface area contributed by atoms with Gasteiger partial charge in [0.25, 0.3) is 0 Å². The van der Waals surface area contributed by atoms with E-state index in [9.17, 15) is 0 Å². The minimum atomic E-state index is 0.472. The Labute approximate surface area is 120 Å². The van der Waals surface area contributed by atoms with Gasteiger partial charge in [-0.25, -0.2) is 0 Å². The van der Waals surface area contributed by atoms with Gasteiger partial charge in [-0.05, 0) is 56.9 Å². The third kappa shape index (κ3) is 2.59. The van der Waals surface area contributed by atoms with Crippen LogP contribution in [0, 0.1) is 0 Å². The first-order valence-electron chi connectivity index (χ1n) is 7.18. The Morgan fingerprint density at radius 3 is 2.95 bits per heavy atom. The number of rotatable bonds is 2. The van der Waals surface area contributed by atoms with Crippen molar-refractivity contribution in [2.45, 2.75) is 43.4 Å². The lowest BCUT2D eigenvalue weighted by Crippen LogP contribution is -2.27. The van der Waals surface area contributed by atoms with Crippen molar-refractivity contribution in [2.24, 2.45) is 0 Å². The molecule has 0 saturated heterocycles. The maximum absolute atomic E-state index is 2.50. The van der Waals surface area contributed by atoms with Gasteiger partial charge in [-0.3, -0.25) is 0 Å². The summed E-state index contributed by atoms with van der Waals surface area (Å²) in [5.41, 5.74) is 4.45. The molecule has 0 spiro atoms. The fourth-order valence-electron chi connectivity index (χ4n) is 2.95. The van der Waals surface area contributed by atoms with Crippen LogP contribution < -0.4 is 4.90 Å². The van der Waals surface area contributed by atoms with Crippen LogP contribution in [0.2, 0.25) is 0 Å².